The Morgan fingerprint density at radius 2 is 2.27 bits per heavy atom. The number of halogens is 1. The molecular formula is C9H9ClN4S. The molecule has 0 saturated carbocycles. The molecule has 0 aromatic carbocycles. The van der Waals surface area contributed by atoms with Gasteiger partial charge in [-0.2, -0.15) is 0 Å². The number of rotatable bonds is 4. The second kappa shape index (κ2) is 5.16. The molecule has 0 fully saturated rings. The molecule has 2 aromatic heterocycles. The quantitative estimate of drug-likeness (QED) is 0.829. The highest BCUT2D eigenvalue weighted by atomic mass is 35.5. The van der Waals surface area contributed by atoms with E-state index in [2.05, 4.69) is 19.9 Å². The van der Waals surface area contributed by atoms with Gasteiger partial charge in [-0.05, 0) is 23.2 Å². The molecule has 2 heterocycles. The molecule has 78 valence electrons. The minimum absolute atomic E-state index is 0.516. The maximum atomic E-state index is 5.68. The first-order chi connectivity index (χ1) is 7.34. The molecule has 0 bridgehead atoms. The number of aromatic nitrogens is 3. The number of nitrogens with zero attached hydrogens (tertiary/aromatic N) is 3. The van der Waals surface area contributed by atoms with E-state index in [1.54, 1.807) is 12.3 Å². The largest absolute Gasteiger partial charge is 0.307 e. The summed E-state index contributed by atoms with van der Waals surface area (Å²) in [5.74, 6) is 0. The van der Waals surface area contributed by atoms with E-state index in [0.717, 1.165) is 24.3 Å². The Morgan fingerprint density at radius 3 is 2.93 bits per heavy atom. The van der Waals surface area contributed by atoms with E-state index in [0.29, 0.717) is 5.15 Å². The van der Waals surface area contributed by atoms with Gasteiger partial charge >= 0.3 is 0 Å². The van der Waals surface area contributed by atoms with Gasteiger partial charge in [0.15, 0.2) is 0 Å². The number of hydrogen-bond acceptors (Lipinski definition) is 5. The fraction of sp³-hybridized carbons (Fsp3) is 0.222. The van der Waals surface area contributed by atoms with E-state index in [1.165, 1.54) is 11.5 Å². The first-order valence-corrected chi connectivity index (χ1v) is 5.63. The van der Waals surface area contributed by atoms with Crippen LogP contribution in [0.2, 0.25) is 5.15 Å². The molecular weight excluding hydrogens is 232 g/mol. The van der Waals surface area contributed by atoms with Crippen LogP contribution in [0.5, 0.6) is 0 Å². The molecule has 0 aliphatic heterocycles. The van der Waals surface area contributed by atoms with Crippen molar-refractivity contribution in [1.29, 1.82) is 0 Å². The highest BCUT2D eigenvalue weighted by Crippen LogP contribution is 2.05. The minimum atomic E-state index is 0.516. The first kappa shape index (κ1) is 10.5. The van der Waals surface area contributed by atoms with Gasteiger partial charge in [0.05, 0.1) is 5.69 Å². The molecule has 0 aliphatic carbocycles. The van der Waals surface area contributed by atoms with Crippen LogP contribution < -0.4 is 5.32 Å². The van der Waals surface area contributed by atoms with Crippen molar-refractivity contribution in [3.63, 3.8) is 0 Å². The van der Waals surface area contributed by atoms with Gasteiger partial charge in [-0.25, -0.2) is 4.98 Å². The predicted octanol–water partition coefficient (Wildman–Crippen LogP) is 1.88. The van der Waals surface area contributed by atoms with E-state index in [9.17, 15) is 0 Å². The van der Waals surface area contributed by atoms with Crippen LogP contribution in [0.1, 0.15) is 11.3 Å². The second-order valence-electron chi connectivity index (χ2n) is 2.99. The van der Waals surface area contributed by atoms with Crippen molar-refractivity contribution in [3.8, 4) is 0 Å². The van der Waals surface area contributed by atoms with Crippen LogP contribution in [0.25, 0.3) is 0 Å². The summed E-state index contributed by atoms with van der Waals surface area (Å²) in [5.41, 5.74) is 2.06. The van der Waals surface area contributed by atoms with Crippen molar-refractivity contribution in [2.24, 2.45) is 0 Å². The van der Waals surface area contributed by atoms with Crippen LogP contribution in [-0.2, 0) is 13.1 Å². The summed E-state index contributed by atoms with van der Waals surface area (Å²) < 4.78 is 3.78. The SMILES string of the molecule is Clc1ccc(CNCc2csnn2)cn1. The average molecular weight is 241 g/mol. The van der Waals surface area contributed by atoms with E-state index in [-0.39, 0.29) is 0 Å². The fourth-order valence-electron chi connectivity index (χ4n) is 1.11. The number of nitrogens with one attached hydrogen (secondary N) is 1. The second-order valence-corrected chi connectivity index (χ2v) is 3.99. The van der Waals surface area contributed by atoms with Gasteiger partial charge in [0.2, 0.25) is 0 Å². The van der Waals surface area contributed by atoms with Gasteiger partial charge in [-0.3, -0.25) is 0 Å². The van der Waals surface area contributed by atoms with Crippen LogP contribution in [0.15, 0.2) is 23.7 Å². The van der Waals surface area contributed by atoms with E-state index >= 15 is 0 Å². The van der Waals surface area contributed by atoms with Crippen molar-refractivity contribution in [2.45, 2.75) is 13.1 Å². The van der Waals surface area contributed by atoms with E-state index in [4.69, 9.17) is 11.6 Å². The van der Waals surface area contributed by atoms with Gasteiger partial charge < -0.3 is 5.32 Å². The van der Waals surface area contributed by atoms with Gasteiger partial charge in [0.25, 0.3) is 0 Å². The molecule has 0 amide bonds. The maximum absolute atomic E-state index is 5.68. The molecule has 6 heteroatoms. The Labute approximate surface area is 96.5 Å². The lowest BCUT2D eigenvalue weighted by atomic mass is 10.3. The summed E-state index contributed by atoms with van der Waals surface area (Å²) in [6, 6.07) is 3.73. The molecule has 1 N–H and O–H groups in total. The van der Waals surface area contributed by atoms with Crippen LogP contribution in [0.4, 0.5) is 0 Å². The molecule has 2 rings (SSSR count). The Morgan fingerprint density at radius 1 is 1.33 bits per heavy atom. The summed E-state index contributed by atoms with van der Waals surface area (Å²) in [7, 11) is 0. The summed E-state index contributed by atoms with van der Waals surface area (Å²) in [6.07, 6.45) is 1.76. The number of pyridine rings is 1. The number of hydrogen-bond donors (Lipinski definition) is 1. The zero-order chi connectivity index (χ0) is 10.5. The van der Waals surface area contributed by atoms with Gasteiger partial charge in [-0.1, -0.05) is 22.2 Å². The van der Waals surface area contributed by atoms with E-state index in [1.807, 2.05) is 11.4 Å². The topological polar surface area (TPSA) is 50.7 Å². The third-order valence-electron chi connectivity index (χ3n) is 1.83. The molecule has 2 aromatic rings. The molecule has 4 nitrogen and oxygen atoms in total. The predicted molar refractivity (Wildman–Crippen MR) is 59.7 cm³/mol. The molecule has 0 saturated heterocycles. The normalized spacial score (nSPS) is 10.5. The average Bonchev–Trinajstić information content (AvgIpc) is 2.74. The Hall–Kier alpha value is -1.04. The van der Waals surface area contributed by atoms with Crippen LogP contribution >= 0.6 is 23.1 Å². The molecule has 0 unspecified atom stereocenters. The standard InChI is InChI=1S/C9H9ClN4S/c10-9-2-1-7(4-12-9)3-11-5-8-6-15-14-13-8/h1-2,4,6,11H,3,5H2. The lowest BCUT2D eigenvalue weighted by Crippen LogP contribution is -2.13. The monoisotopic (exact) mass is 240 g/mol. The Kier molecular flexibility index (Phi) is 3.60. The zero-order valence-electron chi connectivity index (χ0n) is 7.85. The summed E-state index contributed by atoms with van der Waals surface area (Å²) >= 11 is 7.04. The van der Waals surface area contributed by atoms with Crippen molar-refractivity contribution in [1.82, 2.24) is 19.9 Å². The van der Waals surface area contributed by atoms with Gasteiger partial charge in [0, 0.05) is 24.7 Å². The molecule has 0 aliphatic rings. The van der Waals surface area contributed by atoms with Crippen molar-refractivity contribution >= 4 is 23.1 Å². The van der Waals surface area contributed by atoms with Gasteiger partial charge in [0.1, 0.15) is 5.15 Å². The molecule has 0 atom stereocenters. The highest BCUT2D eigenvalue weighted by Gasteiger charge is 1.97. The molecule has 0 spiro atoms. The lowest BCUT2D eigenvalue weighted by molar-refractivity contribution is 0.676. The fourth-order valence-corrected chi connectivity index (χ4v) is 1.67. The third kappa shape index (κ3) is 3.23. The zero-order valence-corrected chi connectivity index (χ0v) is 9.42. The molecule has 0 radical (unpaired) electrons. The van der Waals surface area contributed by atoms with E-state index < -0.39 is 0 Å². The van der Waals surface area contributed by atoms with Gasteiger partial charge in [-0.15, -0.1) is 5.10 Å². The Balaban J connectivity index is 1.81. The summed E-state index contributed by atoms with van der Waals surface area (Å²) in [6.45, 7) is 1.47. The summed E-state index contributed by atoms with van der Waals surface area (Å²) in [5, 5.41) is 9.62. The van der Waals surface area contributed by atoms with Crippen molar-refractivity contribution < 1.29 is 0 Å². The first-order valence-electron chi connectivity index (χ1n) is 4.41. The van der Waals surface area contributed by atoms with Crippen LogP contribution in [0, 0.1) is 0 Å². The smallest absolute Gasteiger partial charge is 0.129 e. The third-order valence-corrected chi connectivity index (χ3v) is 2.61. The molecule has 15 heavy (non-hydrogen) atoms. The van der Waals surface area contributed by atoms with Crippen LogP contribution in [0.3, 0.4) is 0 Å². The van der Waals surface area contributed by atoms with Crippen molar-refractivity contribution in [2.75, 3.05) is 0 Å². The summed E-state index contributed by atoms with van der Waals surface area (Å²) in [4.78, 5) is 3.99. The minimum Gasteiger partial charge on any atom is -0.307 e. The highest BCUT2D eigenvalue weighted by molar-refractivity contribution is 7.03. The Bertz CT molecular complexity index is 401. The lowest BCUT2D eigenvalue weighted by Gasteiger charge is -2.01. The van der Waals surface area contributed by atoms with Crippen LogP contribution in [-0.4, -0.2) is 14.6 Å². The van der Waals surface area contributed by atoms with Crippen molar-refractivity contribution in [3.05, 3.63) is 40.1 Å². The maximum Gasteiger partial charge on any atom is 0.129 e.